The van der Waals surface area contributed by atoms with Crippen molar-refractivity contribution in [2.75, 3.05) is 28.1 Å². The van der Waals surface area contributed by atoms with E-state index in [4.69, 9.17) is 0 Å². The predicted octanol–water partition coefficient (Wildman–Crippen LogP) is 3.57. The maximum absolute atomic E-state index is 2.24. The Morgan fingerprint density at radius 1 is 0.818 bits per heavy atom. The largest absolute Gasteiger partial charge is 0.161 e. The molecule has 11 heavy (non-hydrogen) atoms. The summed E-state index contributed by atoms with van der Waals surface area (Å²) in [7, 11) is 0. The number of thioether (sulfide) groups is 3. The maximum Gasteiger partial charge on any atom is 0.0392 e. The smallest absolute Gasteiger partial charge is 0.0392 e. The van der Waals surface area contributed by atoms with Gasteiger partial charge < -0.3 is 0 Å². The Bertz CT molecular complexity index is 58.4. The SMILES string of the molecule is CCCSCSCCSCC. The van der Waals surface area contributed by atoms with Crippen LogP contribution in [0.4, 0.5) is 0 Å². The second kappa shape index (κ2) is 11.1. The summed E-state index contributed by atoms with van der Waals surface area (Å²) in [4.78, 5) is 0. The number of hydrogen-bond acceptors (Lipinski definition) is 3. The zero-order valence-corrected chi connectivity index (χ0v) is 9.92. The molecule has 0 spiro atoms. The molecule has 3 heteroatoms. The molecular weight excluding hydrogens is 192 g/mol. The molecule has 0 radical (unpaired) electrons. The Kier molecular flexibility index (Phi) is 12.1. The van der Waals surface area contributed by atoms with Crippen LogP contribution >= 0.6 is 35.3 Å². The second-order valence-corrected chi connectivity index (χ2v) is 6.10. The van der Waals surface area contributed by atoms with Crippen molar-refractivity contribution < 1.29 is 0 Å². The van der Waals surface area contributed by atoms with Crippen molar-refractivity contribution in [1.82, 2.24) is 0 Å². The van der Waals surface area contributed by atoms with E-state index in [1.54, 1.807) is 0 Å². The molecule has 0 atom stereocenters. The van der Waals surface area contributed by atoms with Crippen LogP contribution in [0.25, 0.3) is 0 Å². The van der Waals surface area contributed by atoms with Gasteiger partial charge in [-0.15, -0.1) is 0 Å². The van der Waals surface area contributed by atoms with Crippen LogP contribution in [-0.4, -0.2) is 28.1 Å². The third kappa shape index (κ3) is 11.0. The minimum absolute atomic E-state index is 1.27. The van der Waals surface area contributed by atoms with Crippen LogP contribution in [0.15, 0.2) is 0 Å². The molecule has 0 aliphatic rings. The standard InChI is InChI=1S/C8H18S3/c1-3-5-10-8-11-7-6-9-4-2/h3-8H2,1-2H3. The zero-order valence-electron chi connectivity index (χ0n) is 7.47. The topological polar surface area (TPSA) is 0 Å². The summed E-state index contributed by atoms with van der Waals surface area (Å²) in [5, 5.41) is 1.29. The van der Waals surface area contributed by atoms with E-state index in [-0.39, 0.29) is 0 Å². The lowest BCUT2D eigenvalue weighted by Crippen LogP contribution is -1.85. The highest BCUT2D eigenvalue weighted by molar-refractivity contribution is 8.16. The molecule has 0 unspecified atom stereocenters. The fraction of sp³-hybridized carbons (Fsp3) is 1.00. The number of rotatable bonds is 8. The molecule has 0 nitrogen and oxygen atoms in total. The summed E-state index contributed by atoms with van der Waals surface area (Å²) in [6.07, 6.45) is 1.31. The monoisotopic (exact) mass is 210 g/mol. The van der Waals surface area contributed by atoms with Gasteiger partial charge in [0.05, 0.1) is 0 Å². The van der Waals surface area contributed by atoms with Crippen LogP contribution in [0.3, 0.4) is 0 Å². The molecule has 0 heterocycles. The van der Waals surface area contributed by atoms with Gasteiger partial charge in [-0.1, -0.05) is 13.8 Å². The average Bonchev–Trinajstić information content (AvgIpc) is 2.03. The molecule has 0 N–H and O–H groups in total. The van der Waals surface area contributed by atoms with E-state index in [2.05, 4.69) is 37.4 Å². The lowest BCUT2D eigenvalue weighted by molar-refractivity contribution is 1.11. The lowest BCUT2D eigenvalue weighted by Gasteiger charge is -1.99. The minimum atomic E-state index is 1.27. The Balaban J connectivity index is 2.69. The minimum Gasteiger partial charge on any atom is -0.161 e. The summed E-state index contributed by atoms with van der Waals surface area (Å²) in [5.41, 5.74) is 0. The van der Waals surface area contributed by atoms with E-state index >= 15 is 0 Å². The Labute approximate surface area is 83.7 Å². The van der Waals surface area contributed by atoms with Crippen molar-refractivity contribution in [3.05, 3.63) is 0 Å². The van der Waals surface area contributed by atoms with Gasteiger partial charge >= 0.3 is 0 Å². The molecule has 0 saturated carbocycles. The maximum atomic E-state index is 2.24. The van der Waals surface area contributed by atoms with Crippen LogP contribution in [0.1, 0.15) is 20.3 Å². The van der Waals surface area contributed by atoms with E-state index in [1.807, 2.05) is 11.8 Å². The zero-order chi connectivity index (χ0) is 8.36. The lowest BCUT2D eigenvalue weighted by atomic mass is 10.6. The number of hydrogen-bond donors (Lipinski definition) is 0. The summed E-state index contributed by atoms with van der Waals surface area (Å²) >= 11 is 6.18. The molecule has 0 aromatic carbocycles. The summed E-state index contributed by atoms with van der Waals surface area (Å²) < 4.78 is 0. The fourth-order valence-electron chi connectivity index (χ4n) is 0.583. The highest BCUT2D eigenvalue weighted by Crippen LogP contribution is 2.14. The van der Waals surface area contributed by atoms with Gasteiger partial charge in [-0.05, 0) is 17.9 Å². The van der Waals surface area contributed by atoms with Gasteiger partial charge in [-0.25, -0.2) is 0 Å². The van der Waals surface area contributed by atoms with Crippen molar-refractivity contribution >= 4 is 35.3 Å². The van der Waals surface area contributed by atoms with Crippen LogP contribution in [-0.2, 0) is 0 Å². The van der Waals surface area contributed by atoms with Gasteiger partial charge in [0.2, 0.25) is 0 Å². The molecule has 0 saturated heterocycles. The van der Waals surface area contributed by atoms with Gasteiger partial charge in [-0.2, -0.15) is 35.3 Å². The first-order valence-electron chi connectivity index (χ1n) is 4.15. The molecular formula is C8H18S3. The highest BCUT2D eigenvalue weighted by Gasteiger charge is 1.89. The van der Waals surface area contributed by atoms with E-state index in [0.29, 0.717) is 0 Å². The fourth-order valence-corrected chi connectivity index (χ4v) is 3.52. The van der Waals surface area contributed by atoms with Crippen molar-refractivity contribution in [3.63, 3.8) is 0 Å². The molecule has 0 aromatic rings. The normalized spacial score (nSPS) is 10.4. The summed E-state index contributed by atoms with van der Waals surface area (Å²) in [6, 6.07) is 0. The van der Waals surface area contributed by atoms with Crippen molar-refractivity contribution in [1.29, 1.82) is 0 Å². The van der Waals surface area contributed by atoms with E-state index < -0.39 is 0 Å². The van der Waals surface area contributed by atoms with E-state index in [1.165, 1.54) is 34.5 Å². The van der Waals surface area contributed by atoms with Gasteiger partial charge in [0.1, 0.15) is 0 Å². The van der Waals surface area contributed by atoms with Crippen LogP contribution in [0.5, 0.6) is 0 Å². The van der Waals surface area contributed by atoms with Gasteiger partial charge in [0.25, 0.3) is 0 Å². The van der Waals surface area contributed by atoms with Gasteiger partial charge in [-0.3, -0.25) is 0 Å². The molecule has 0 fully saturated rings. The first-order valence-corrected chi connectivity index (χ1v) is 7.61. The van der Waals surface area contributed by atoms with Crippen LogP contribution in [0, 0.1) is 0 Å². The Morgan fingerprint density at radius 3 is 2.09 bits per heavy atom. The average molecular weight is 210 g/mol. The first kappa shape index (κ1) is 12.0. The quantitative estimate of drug-likeness (QED) is 0.444. The van der Waals surface area contributed by atoms with Crippen LogP contribution in [0.2, 0.25) is 0 Å². The summed E-state index contributed by atoms with van der Waals surface area (Å²) in [6.45, 7) is 4.46. The van der Waals surface area contributed by atoms with Crippen molar-refractivity contribution in [2.45, 2.75) is 20.3 Å². The highest BCUT2D eigenvalue weighted by atomic mass is 32.2. The molecule has 0 aliphatic carbocycles. The first-order chi connectivity index (χ1) is 5.41. The third-order valence-electron chi connectivity index (χ3n) is 1.09. The molecule has 0 bridgehead atoms. The Hall–Kier alpha value is 1.05. The molecule has 0 rings (SSSR count). The second-order valence-electron chi connectivity index (χ2n) is 2.13. The van der Waals surface area contributed by atoms with Gasteiger partial charge in [0, 0.05) is 16.6 Å². The van der Waals surface area contributed by atoms with Crippen LogP contribution < -0.4 is 0 Å². The summed E-state index contributed by atoms with van der Waals surface area (Å²) in [5.74, 6) is 5.25. The van der Waals surface area contributed by atoms with Gasteiger partial charge in [0.15, 0.2) is 0 Å². The van der Waals surface area contributed by atoms with Crippen molar-refractivity contribution in [3.8, 4) is 0 Å². The Morgan fingerprint density at radius 2 is 1.45 bits per heavy atom. The molecule has 68 valence electrons. The predicted molar refractivity (Wildman–Crippen MR) is 63.1 cm³/mol. The molecule has 0 amide bonds. The molecule has 0 aromatic heterocycles. The third-order valence-corrected chi connectivity index (χ3v) is 4.77. The van der Waals surface area contributed by atoms with E-state index in [9.17, 15) is 0 Å². The van der Waals surface area contributed by atoms with Crippen molar-refractivity contribution in [2.24, 2.45) is 0 Å². The molecule has 0 aliphatic heterocycles. The van der Waals surface area contributed by atoms with E-state index in [0.717, 1.165) is 0 Å².